The minimum absolute atomic E-state index is 0.590. The summed E-state index contributed by atoms with van der Waals surface area (Å²) in [4.78, 5) is 1.76. The third kappa shape index (κ3) is 3.50. The van der Waals surface area contributed by atoms with E-state index in [0.29, 0.717) is 11.4 Å². The van der Waals surface area contributed by atoms with E-state index in [1.54, 1.807) is 12.2 Å². The first-order chi connectivity index (χ1) is 9.85. The lowest BCUT2D eigenvalue weighted by Crippen LogP contribution is -2.12. The number of rotatable bonds is 1. The van der Waals surface area contributed by atoms with Gasteiger partial charge in [-0.3, -0.25) is 0 Å². The predicted molar refractivity (Wildman–Crippen MR) is 86.4 cm³/mol. The van der Waals surface area contributed by atoms with Crippen LogP contribution in [0.1, 0.15) is 0 Å². The lowest BCUT2D eigenvalue weighted by molar-refractivity contribution is 0.994. The second kappa shape index (κ2) is 7.18. The molecule has 0 aliphatic heterocycles. The molecule has 0 saturated heterocycles. The van der Waals surface area contributed by atoms with Crippen LogP contribution in [0.3, 0.4) is 0 Å². The van der Waals surface area contributed by atoms with Crippen LogP contribution >= 0.6 is 0 Å². The Kier molecular flexibility index (Phi) is 5.00. The molecular formula is C12H9N6S2+. The Morgan fingerprint density at radius 2 is 1.45 bits per heavy atom. The van der Waals surface area contributed by atoms with Crippen LogP contribution < -0.4 is 0 Å². The van der Waals surface area contributed by atoms with Gasteiger partial charge in [0.2, 0.25) is 0 Å². The number of allylic oxidation sites excluding steroid dienone is 8. The van der Waals surface area contributed by atoms with Gasteiger partial charge in [0.25, 0.3) is 5.39 Å². The lowest BCUT2D eigenvalue weighted by Gasteiger charge is -1.99. The monoisotopic (exact) mass is 301 g/mol. The van der Waals surface area contributed by atoms with Gasteiger partial charge in [-0.05, 0) is 24.3 Å². The van der Waals surface area contributed by atoms with Crippen molar-refractivity contribution in [2.75, 3.05) is 0 Å². The van der Waals surface area contributed by atoms with Crippen molar-refractivity contribution >= 4 is 41.0 Å². The van der Waals surface area contributed by atoms with Crippen molar-refractivity contribution in [2.45, 2.75) is 0 Å². The normalized spacial score (nSPS) is 20.4. The molecule has 2 aliphatic rings. The fraction of sp³-hybridized carbons (Fsp3) is 0. The molecule has 98 valence electrons. The Morgan fingerprint density at radius 1 is 0.900 bits per heavy atom. The summed E-state index contributed by atoms with van der Waals surface area (Å²) in [7, 11) is 2.95. The molecule has 0 heterocycles. The first-order valence-corrected chi connectivity index (χ1v) is 7.65. The zero-order chi connectivity index (χ0) is 14.2. The molecule has 0 spiro atoms. The summed E-state index contributed by atoms with van der Waals surface area (Å²) in [5.41, 5.74) is 8.04. The van der Waals surface area contributed by atoms with Crippen LogP contribution in [0.2, 0.25) is 0 Å². The van der Waals surface area contributed by atoms with Crippen LogP contribution in [-0.4, -0.2) is 21.2 Å². The third-order valence-electron chi connectivity index (χ3n) is 2.26. The van der Waals surface area contributed by atoms with Crippen LogP contribution in [0.5, 0.6) is 0 Å². The average Bonchev–Trinajstić information content (AvgIpc) is 2.48. The first kappa shape index (κ1) is 13.9. The minimum atomic E-state index is 0.590. The van der Waals surface area contributed by atoms with E-state index in [4.69, 9.17) is 10.9 Å². The highest BCUT2D eigenvalue weighted by molar-refractivity contribution is 8.26. The minimum Gasteiger partial charge on any atom is -0.185 e. The van der Waals surface area contributed by atoms with Crippen molar-refractivity contribution in [1.82, 2.24) is 0 Å². The van der Waals surface area contributed by atoms with E-state index in [1.165, 1.54) is 19.8 Å². The van der Waals surface area contributed by atoms with Gasteiger partial charge in [0.05, 0.1) is 9.73 Å². The number of nitrogens with zero attached hydrogens (tertiary/aromatic N) is 5. The number of diazo groups is 1. The Morgan fingerprint density at radius 3 is 2.05 bits per heavy atom. The van der Waals surface area contributed by atoms with Crippen LogP contribution in [0, 0.1) is 10.9 Å². The van der Waals surface area contributed by atoms with E-state index in [-0.39, 0.29) is 0 Å². The molecule has 0 aromatic heterocycles. The van der Waals surface area contributed by atoms with Gasteiger partial charge in [0.1, 0.15) is 5.71 Å². The summed E-state index contributed by atoms with van der Waals surface area (Å²) in [6.07, 6.45) is 14.8. The van der Waals surface area contributed by atoms with E-state index in [0.717, 1.165) is 9.73 Å². The standard InChI is InChI=1S/C12H9N6S2/c13-17-15-9-5-1-3-7-11(9)19-20-12-8-4-2-6-10(12)16-18-14/h1-8,13H/q+1. The van der Waals surface area contributed by atoms with Gasteiger partial charge in [-0.25, -0.2) is 0 Å². The van der Waals surface area contributed by atoms with Gasteiger partial charge in [0, 0.05) is 0 Å². The number of hydrogen-bond acceptors (Lipinski definition) is 4. The Balaban J connectivity index is 2.54. The molecule has 0 radical (unpaired) electrons. The van der Waals surface area contributed by atoms with Crippen molar-refractivity contribution < 1.29 is 0 Å². The largest absolute Gasteiger partial charge is 0.339 e. The molecule has 0 bridgehead atoms. The van der Waals surface area contributed by atoms with E-state index < -0.39 is 0 Å². The van der Waals surface area contributed by atoms with Gasteiger partial charge in [-0.1, -0.05) is 49.3 Å². The second-order valence-electron chi connectivity index (χ2n) is 3.49. The van der Waals surface area contributed by atoms with Gasteiger partial charge in [0.15, 0.2) is 10.8 Å². The molecule has 0 amide bonds. The molecule has 8 heteroatoms. The topological polar surface area (TPSA) is 89.1 Å². The second-order valence-corrected chi connectivity index (χ2v) is 5.70. The summed E-state index contributed by atoms with van der Waals surface area (Å²) >= 11 is 0. The van der Waals surface area contributed by atoms with E-state index >= 15 is 0 Å². The molecule has 0 aromatic carbocycles. The Bertz CT molecular complexity index is 760. The van der Waals surface area contributed by atoms with Crippen molar-refractivity contribution in [2.24, 2.45) is 15.4 Å². The summed E-state index contributed by atoms with van der Waals surface area (Å²) in [5.74, 6) is 0. The van der Waals surface area contributed by atoms with Crippen molar-refractivity contribution in [1.29, 1.82) is 10.9 Å². The highest BCUT2D eigenvalue weighted by atomic mass is 32.8. The smallest absolute Gasteiger partial charge is 0.185 e. The fourth-order valence-corrected chi connectivity index (χ4v) is 3.63. The summed E-state index contributed by atoms with van der Waals surface area (Å²) in [6.45, 7) is 0. The average molecular weight is 301 g/mol. The summed E-state index contributed by atoms with van der Waals surface area (Å²) < 4.78 is 0. The predicted octanol–water partition coefficient (Wildman–Crippen LogP) is 2.26. The zero-order valence-electron chi connectivity index (χ0n) is 10.2. The summed E-state index contributed by atoms with van der Waals surface area (Å²) in [6, 6.07) is 0. The molecular weight excluding hydrogens is 292 g/mol. The highest BCUT2D eigenvalue weighted by Gasteiger charge is 2.08. The SMILES string of the molecule is N#[N+]N=C1C=CC=CC1=S=S=C1C=CC=CC1=NN=N. The Labute approximate surface area is 121 Å². The van der Waals surface area contributed by atoms with Gasteiger partial charge < -0.3 is 0 Å². The third-order valence-corrected chi connectivity index (χ3v) is 4.72. The maximum Gasteiger partial charge on any atom is 0.339 e. The van der Waals surface area contributed by atoms with Crippen molar-refractivity contribution in [3.8, 4) is 0 Å². The molecule has 0 saturated carbocycles. The molecule has 0 aromatic rings. The number of nitrogens with one attached hydrogen (secondary N) is 1. The van der Waals surface area contributed by atoms with E-state index in [1.807, 2.05) is 36.5 Å². The molecule has 2 rings (SSSR count). The molecule has 2 aliphatic carbocycles. The van der Waals surface area contributed by atoms with Gasteiger partial charge in [-0.2, -0.15) is 5.53 Å². The van der Waals surface area contributed by atoms with Crippen LogP contribution in [0.25, 0.3) is 5.08 Å². The zero-order valence-corrected chi connectivity index (χ0v) is 11.8. The molecule has 0 atom stereocenters. The molecule has 6 nitrogen and oxygen atoms in total. The molecule has 20 heavy (non-hydrogen) atoms. The van der Waals surface area contributed by atoms with Gasteiger partial charge >= 0.3 is 5.08 Å². The highest BCUT2D eigenvalue weighted by Crippen LogP contribution is 1.99. The van der Waals surface area contributed by atoms with Crippen LogP contribution in [0.4, 0.5) is 0 Å². The van der Waals surface area contributed by atoms with Crippen molar-refractivity contribution in [3.63, 3.8) is 0 Å². The molecule has 0 fully saturated rings. The van der Waals surface area contributed by atoms with Crippen LogP contribution in [0.15, 0.2) is 64.0 Å². The first-order valence-electron chi connectivity index (χ1n) is 5.50. The van der Waals surface area contributed by atoms with E-state index in [2.05, 4.69) is 20.5 Å². The molecule has 1 N–H and O–H groups in total. The lowest BCUT2D eigenvalue weighted by atomic mass is 10.1. The fourth-order valence-electron chi connectivity index (χ4n) is 1.41. The summed E-state index contributed by atoms with van der Waals surface area (Å²) in [5, 5.41) is 21.8. The van der Waals surface area contributed by atoms with E-state index in [9.17, 15) is 0 Å². The van der Waals surface area contributed by atoms with Crippen molar-refractivity contribution in [3.05, 3.63) is 53.7 Å². The van der Waals surface area contributed by atoms with Gasteiger partial charge in [-0.15, -0.1) is 5.10 Å². The number of hydrogen-bond donors (Lipinski definition) is 1. The maximum atomic E-state index is 8.54. The Hall–Kier alpha value is -2.50. The molecule has 0 unspecified atom stereocenters. The van der Waals surface area contributed by atoms with Crippen LogP contribution in [-0.2, 0) is 19.8 Å². The maximum absolute atomic E-state index is 8.54. The quantitative estimate of drug-likeness (QED) is 0.342.